The predicted molar refractivity (Wildman–Crippen MR) is 55.6 cm³/mol. The molecule has 76 valence electrons. The maximum atomic E-state index is 9.76. The van der Waals surface area contributed by atoms with Crippen LogP contribution in [-0.2, 0) is 0 Å². The van der Waals surface area contributed by atoms with Gasteiger partial charge in [0.15, 0.2) is 0 Å². The van der Waals surface area contributed by atoms with E-state index < -0.39 is 0 Å². The van der Waals surface area contributed by atoms with Crippen molar-refractivity contribution in [3.05, 3.63) is 12.7 Å². The van der Waals surface area contributed by atoms with Crippen LogP contribution in [0.2, 0.25) is 0 Å². The number of hydrogen-bond acceptors (Lipinski definition) is 2. The summed E-state index contributed by atoms with van der Waals surface area (Å²) in [7, 11) is 0. The topological polar surface area (TPSA) is 23.5 Å². The minimum atomic E-state index is -0.169. The lowest BCUT2D eigenvalue weighted by molar-refractivity contribution is 0.122. The lowest BCUT2D eigenvalue weighted by Gasteiger charge is -2.31. The Morgan fingerprint density at radius 1 is 1.46 bits per heavy atom. The number of hydrogen-bond donors (Lipinski definition) is 1. The zero-order valence-corrected chi connectivity index (χ0v) is 8.95. The molecule has 1 fully saturated rings. The van der Waals surface area contributed by atoms with Crippen molar-refractivity contribution in [1.29, 1.82) is 0 Å². The van der Waals surface area contributed by atoms with Crippen molar-refractivity contribution in [2.75, 3.05) is 13.1 Å². The average molecular weight is 183 g/mol. The molecule has 1 N–H and O–H groups in total. The van der Waals surface area contributed by atoms with Crippen molar-refractivity contribution in [2.45, 2.75) is 38.8 Å². The first-order valence-corrected chi connectivity index (χ1v) is 4.99. The summed E-state index contributed by atoms with van der Waals surface area (Å²) in [5, 5.41) is 9.76. The molecular weight excluding hydrogens is 162 g/mol. The van der Waals surface area contributed by atoms with Crippen LogP contribution in [0.3, 0.4) is 0 Å². The zero-order chi connectivity index (χ0) is 10.1. The van der Waals surface area contributed by atoms with Crippen LogP contribution in [0.15, 0.2) is 12.7 Å². The highest BCUT2D eigenvalue weighted by atomic mass is 16.3. The molecule has 0 amide bonds. The maximum absolute atomic E-state index is 9.76. The first kappa shape index (κ1) is 10.7. The van der Waals surface area contributed by atoms with E-state index in [0.717, 1.165) is 19.5 Å². The second kappa shape index (κ2) is 3.81. The third kappa shape index (κ3) is 2.55. The van der Waals surface area contributed by atoms with Crippen LogP contribution in [0, 0.1) is 5.92 Å². The van der Waals surface area contributed by atoms with Gasteiger partial charge in [-0.15, -0.1) is 6.58 Å². The molecule has 1 heterocycles. The highest BCUT2D eigenvalue weighted by molar-refractivity contribution is 4.92. The molecule has 0 aromatic carbocycles. The smallest absolute Gasteiger partial charge is 0.0710 e. The van der Waals surface area contributed by atoms with Crippen LogP contribution in [0.5, 0.6) is 0 Å². The summed E-state index contributed by atoms with van der Waals surface area (Å²) >= 11 is 0. The van der Waals surface area contributed by atoms with Crippen molar-refractivity contribution in [3.8, 4) is 0 Å². The van der Waals surface area contributed by atoms with Crippen molar-refractivity contribution in [1.82, 2.24) is 4.90 Å². The van der Waals surface area contributed by atoms with Gasteiger partial charge in [0.25, 0.3) is 0 Å². The molecule has 2 atom stereocenters. The van der Waals surface area contributed by atoms with E-state index in [2.05, 4.69) is 32.3 Å². The fourth-order valence-electron chi connectivity index (χ4n) is 1.85. The van der Waals surface area contributed by atoms with Crippen LogP contribution in [-0.4, -0.2) is 34.7 Å². The minimum Gasteiger partial charge on any atom is -0.391 e. The number of aliphatic hydroxyl groups is 1. The van der Waals surface area contributed by atoms with E-state index in [4.69, 9.17) is 0 Å². The Bertz CT molecular complexity index is 183. The predicted octanol–water partition coefficient (Wildman–Crippen LogP) is 1.65. The monoisotopic (exact) mass is 183 g/mol. The standard InChI is InChI=1S/C11H21NO/c1-5-6-9-7-12(8-10(9)13)11(2,3)4/h5,9-10,13H,1,6-8H2,2-4H3/t9-,10-/m0/s1. The van der Waals surface area contributed by atoms with Crippen molar-refractivity contribution in [2.24, 2.45) is 5.92 Å². The lowest BCUT2D eigenvalue weighted by Crippen LogP contribution is -2.40. The van der Waals surface area contributed by atoms with Crippen molar-refractivity contribution < 1.29 is 5.11 Å². The molecule has 2 nitrogen and oxygen atoms in total. The van der Waals surface area contributed by atoms with E-state index in [1.54, 1.807) is 0 Å². The number of rotatable bonds is 2. The minimum absolute atomic E-state index is 0.169. The SMILES string of the molecule is C=CC[C@H]1CN(C(C)(C)C)C[C@@H]1O. The first-order valence-electron chi connectivity index (χ1n) is 4.99. The van der Waals surface area contributed by atoms with Crippen LogP contribution in [0.1, 0.15) is 27.2 Å². The molecule has 13 heavy (non-hydrogen) atoms. The van der Waals surface area contributed by atoms with E-state index in [9.17, 15) is 5.11 Å². The molecular formula is C11H21NO. The maximum Gasteiger partial charge on any atom is 0.0710 e. The van der Waals surface area contributed by atoms with E-state index >= 15 is 0 Å². The summed E-state index contributed by atoms with van der Waals surface area (Å²) in [6.45, 7) is 12.1. The number of β-amino-alcohol motifs (C(OH)–C–C–N with tert-alkyl or cyclic N) is 1. The Morgan fingerprint density at radius 2 is 2.08 bits per heavy atom. The van der Waals surface area contributed by atoms with Gasteiger partial charge in [0.1, 0.15) is 0 Å². The summed E-state index contributed by atoms with van der Waals surface area (Å²) in [6, 6.07) is 0. The fraction of sp³-hybridized carbons (Fsp3) is 0.818. The Kier molecular flexibility index (Phi) is 3.14. The number of likely N-dealkylation sites (tertiary alicyclic amines) is 1. The van der Waals surface area contributed by atoms with Crippen LogP contribution < -0.4 is 0 Å². The summed E-state index contributed by atoms with van der Waals surface area (Å²) in [4.78, 5) is 2.34. The molecule has 1 aliphatic heterocycles. The fourth-order valence-corrected chi connectivity index (χ4v) is 1.85. The third-order valence-corrected chi connectivity index (χ3v) is 2.82. The molecule has 0 unspecified atom stereocenters. The second-order valence-corrected chi connectivity index (χ2v) is 4.93. The van der Waals surface area contributed by atoms with Gasteiger partial charge in [0.2, 0.25) is 0 Å². The van der Waals surface area contributed by atoms with Gasteiger partial charge in [-0.05, 0) is 27.2 Å². The Morgan fingerprint density at radius 3 is 2.46 bits per heavy atom. The van der Waals surface area contributed by atoms with Crippen LogP contribution in [0.4, 0.5) is 0 Å². The van der Waals surface area contributed by atoms with E-state index in [0.29, 0.717) is 5.92 Å². The zero-order valence-electron chi connectivity index (χ0n) is 8.95. The van der Waals surface area contributed by atoms with Gasteiger partial charge in [0.05, 0.1) is 6.10 Å². The summed E-state index contributed by atoms with van der Waals surface area (Å²) < 4.78 is 0. The third-order valence-electron chi connectivity index (χ3n) is 2.82. The molecule has 0 bridgehead atoms. The van der Waals surface area contributed by atoms with Gasteiger partial charge in [-0.2, -0.15) is 0 Å². The van der Waals surface area contributed by atoms with Gasteiger partial charge >= 0.3 is 0 Å². The Hall–Kier alpha value is -0.340. The van der Waals surface area contributed by atoms with Gasteiger partial charge in [-0.1, -0.05) is 6.08 Å². The van der Waals surface area contributed by atoms with E-state index in [1.165, 1.54) is 0 Å². The highest BCUT2D eigenvalue weighted by Crippen LogP contribution is 2.26. The Balaban J connectivity index is 2.54. The van der Waals surface area contributed by atoms with Crippen molar-refractivity contribution in [3.63, 3.8) is 0 Å². The molecule has 0 aliphatic carbocycles. The molecule has 1 aliphatic rings. The summed E-state index contributed by atoms with van der Waals surface area (Å²) in [5.41, 5.74) is 0.177. The molecule has 0 radical (unpaired) electrons. The van der Waals surface area contributed by atoms with E-state index in [-0.39, 0.29) is 11.6 Å². The normalized spacial score (nSPS) is 30.8. The number of allylic oxidation sites excluding steroid dienone is 1. The molecule has 1 rings (SSSR count). The largest absolute Gasteiger partial charge is 0.391 e. The second-order valence-electron chi connectivity index (χ2n) is 4.93. The van der Waals surface area contributed by atoms with Crippen molar-refractivity contribution >= 4 is 0 Å². The molecule has 0 aromatic rings. The highest BCUT2D eigenvalue weighted by Gasteiger charge is 2.35. The molecule has 1 saturated heterocycles. The van der Waals surface area contributed by atoms with Gasteiger partial charge in [0, 0.05) is 24.5 Å². The Labute approximate surface area is 81.2 Å². The number of nitrogens with zero attached hydrogens (tertiary/aromatic N) is 1. The lowest BCUT2D eigenvalue weighted by atomic mass is 10.0. The molecule has 0 spiro atoms. The summed E-state index contributed by atoms with van der Waals surface area (Å²) in [5.74, 6) is 0.386. The van der Waals surface area contributed by atoms with Crippen LogP contribution in [0.25, 0.3) is 0 Å². The molecule has 0 aromatic heterocycles. The number of aliphatic hydroxyl groups excluding tert-OH is 1. The van der Waals surface area contributed by atoms with Gasteiger partial charge in [-0.25, -0.2) is 0 Å². The molecule has 0 saturated carbocycles. The quantitative estimate of drug-likeness (QED) is 0.658. The first-order chi connectivity index (χ1) is 5.95. The van der Waals surface area contributed by atoms with E-state index in [1.807, 2.05) is 6.08 Å². The summed E-state index contributed by atoms with van der Waals surface area (Å²) in [6.07, 6.45) is 2.66. The molecule has 2 heteroatoms. The van der Waals surface area contributed by atoms with Gasteiger partial charge < -0.3 is 5.11 Å². The average Bonchev–Trinajstić information content (AvgIpc) is 2.32. The van der Waals surface area contributed by atoms with Gasteiger partial charge in [-0.3, -0.25) is 4.90 Å². The van der Waals surface area contributed by atoms with Crippen LogP contribution >= 0.6 is 0 Å².